The van der Waals surface area contributed by atoms with Crippen LogP contribution in [-0.2, 0) is 14.3 Å². The Kier molecular flexibility index (Phi) is 5.42. The highest BCUT2D eigenvalue weighted by Gasteiger charge is 2.32. The van der Waals surface area contributed by atoms with E-state index in [0.717, 1.165) is 0 Å². The quantitative estimate of drug-likeness (QED) is 0.611. The van der Waals surface area contributed by atoms with Gasteiger partial charge in [0.1, 0.15) is 11.7 Å². The number of amides is 1. The number of esters is 1. The van der Waals surface area contributed by atoms with Crippen LogP contribution in [0.15, 0.2) is 18.2 Å². The molecule has 0 aromatic heterocycles. The zero-order chi connectivity index (χ0) is 16.3. The topological polar surface area (TPSA) is 63.7 Å². The molecule has 22 heavy (non-hydrogen) atoms. The van der Waals surface area contributed by atoms with Crippen LogP contribution in [0, 0.1) is 5.92 Å². The van der Waals surface area contributed by atoms with Crippen LogP contribution in [-0.4, -0.2) is 42.8 Å². The first kappa shape index (κ1) is 16.8. The first-order chi connectivity index (χ1) is 10.4. The van der Waals surface area contributed by atoms with Crippen molar-refractivity contribution in [3.05, 3.63) is 33.8 Å². The Balaban J connectivity index is 2.13. The van der Waals surface area contributed by atoms with E-state index in [1.165, 1.54) is 13.2 Å². The van der Waals surface area contributed by atoms with Crippen molar-refractivity contribution in [2.24, 2.45) is 5.92 Å². The molecule has 1 heterocycles. The first-order valence-electron chi connectivity index (χ1n) is 6.79. The first-order valence-corrected chi connectivity index (χ1v) is 7.54. The molecular formula is C15H15Cl2NO4. The average molecular weight is 344 g/mol. The van der Waals surface area contributed by atoms with Gasteiger partial charge in [0.05, 0.1) is 17.2 Å². The molecule has 0 bridgehead atoms. The molecule has 1 aliphatic heterocycles. The van der Waals surface area contributed by atoms with Crippen molar-refractivity contribution in [2.45, 2.75) is 12.8 Å². The molecule has 1 fully saturated rings. The van der Waals surface area contributed by atoms with Crippen molar-refractivity contribution in [3.63, 3.8) is 0 Å². The summed E-state index contributed by atoms with van der Waals surface area (Å²) in [6, 6.07) is 4.63. The van der Waals surface area contributed by atoms with Crippen LogP contribution in [0.3, 0.4) is 0 Å². The number of halogens is 2. The number of likely N-dealkylation sites (tertiary alicyclic amines) is 1. The Morgan fingerprint density at radius 1 is 1.23 bits per heavy atom. The van der Waals surface area contributed by atoms with Crippen LogP contribution in [0.5, 0.6) is 0 Å². The summed E-state index contributed by atoms with van der Waals surface area (Å²) in [5.74, 6) is -1.78. The summed E-state index contributed by atoms with van der Waals surface area (Å²) in [4.78, 5) is 37.5. The fourth-order valence-corrected chi connectivity index (χ4v) is 2.68. The van der Waals surface area contributed by atoms with Crippen molar-refractivity contribution in [2.75, 3.05) is 20.2 Å². The molecule has 0 spiro atoms. The molecule has 7 heteroatoms. The number of carbonyl (C=O) groups excluding carboxylic acids is 3. The third-order valence-corrected chi connectivity index (χ3v) is 4.38. The standard InChI is InChI=1S/C15H15Cl2NO4/c1-22-15(21)10-4-6-18(7-5-13(10)19)14(20)9-2-3-11(16)12(17)8-9/h2-3,8,10H,4-7H2,1H3. The van der Waals surface area contributed by atoms with E-state index in [2.05, 4.69) is 4.74 Å². The number of carbonyl (C=O) groups is 3. The number of rotatable bonds is 2. The van der Waals surface area contributed by atoms with E-state index >= 15 is 0 Å². The number of ether oxygens (including phenoxy) is 1. The monoisotopic (exact) mass is 343 g/mol. The van der Waals surface area contributed by atoms with E-state index in [0.29, 0.717) is 22.2 Å². The third kappa shape index (κ3) is 3.59. The third-order valence-electron chi connectivity index (χ3n) is 3.64. The molecule has 0 radical (unpaired) electrons. The number of Topliss-reactive ketones (excluding diaryl/α,β-unsaturated/α-hetero) is 1. The van der Waals surface area contributed by atoms with Crippen molar-refractivity contribution in [1.82, 2.24) is 4.90 Å². The maximum atomic E-state index is 12.5. The lowest BCUT2D eigenvalue weighted by atomic mass is 10.00. The maximum absolute atomic E-state index is 12.5. The van der Waals surface area contributed by atoms with Crippen molar-refractivity contribution >= 4 is 40.9 Å². The Labute approximate surface area is 138 Å². The Morgan fingerprint density at radius 3 is 2.59 bits per heavy atom. The van der Waals surface area contributed by atoms with Crippen LogP contribution >= 0.6 is 23.2 Å². The normalized spacial score (nSPS) is 18.8. The lowest BCUT2D eigenvalue weighted by molar-refractivity contribution is -0.149. The van der Waals surface area contributed by atoms with Gasteiger partial charge in [-0.2, -0.15) is 0 Å². The highest BCUT2D eigenvalue weighted by molar-refractivity contribution is 6.42. The number of hydrogen-bond donors (Lipinski definition) is 0. The number of benzene rings is 1. The fraction of sp³-hybridized carbons (Fsp3) is 0.400. The summed E-state index contributed by atoms with van der Waals surface area (Å²) in [7, 11) is 1.25. The zero-order valence-corrected chi connectivity index (χ0v) is 13.5. The number of nitrogens with zero attached hydrogens (tertiary/aromatic N) is 1. The second-order valence-corrected chi connectivity index (χ2v) is 5.82. The summed E-state index contributed by atoms with van der Waals surface area (Å²) >= 11 is 11.8. The van der Waals surface area contributed by atoms with Gasteiger partial charge in [-0.05, 0) is 24.6 Å². The SMILES string of the molecule is COC(=O)C1CCN(C(=O)c2ccc(Cl)c(Cl)c2)CCC1=O. The van der Waals surface area contributed by atoms with Crippen LogP contribution in [0.4, 0.5) is 0 Å². The minimum Gasteiger partial charge on any atom is -0.468 e. The van der Waals surface area contributed by atoms with Crippen molar-refractivity contribution in [3.8, 4) is 0 Å². The molecule has 0 N–H and O–H groups in total. The molecule has 1 amide bonds. The molecule has 2 rings (SSSR count). The summed E-state index contributed by atoms with van der Waals surface area (Å²) in [5.41, 5.74) is 0.401. The highest BCUT2D eigenvalue weighted by atomic mass is 35.5. The van der Waals surface area contributed by atoms with E-state index < -0.39 is 11.9 Å². The Hall–Kier alpha value is -1.59. The molecule has 0 aliphatic carbocycles. The van der Waals surface area contributed by atoms with Gasteiger partial charge in [-0.3, -0.25) is 14.4 Å². The van der Waals surface area contributed by atoms with Gasteiger partial charge in [0.2, 0.25) is 0 Å². The maximum Gasteiger partial charge on any atom is 0.316 e. The van der Waals surface area contributed by atoms with Gasteiger partial charge >= 0.3 is 5.97 Å². The van der Waals surface area contributed by atoms with Crippen molar-refractivity contribution < 1.29 is 19.1 Å². The number of hydrogen-bond acceptors (Lipinski definition) is 4. The van der Waals surface area contributed by atoms with Gasteiger partial charge in [0.25, 0.3) is 5.91 Å². The van der Waals surface area contributed by atoms with E-state index in [4.69, 9.17) is 23.2 Å². The van der Waals surface area contributed by atoms with Crippen LogP contribution in [0.1, 0.15) is 23.2 Å². The van der Waals surface area contributed by atoms with Crippen LogP contribution in [0.25, 0.3) is 0 Å². The predicted octanol–water partition coefficient (Wildman–Crippen LogP) is 2.59. The zero-order valence-electron chi connectivity index (χ0n) is 12.0. The number of methoxy groups -OCH3 is 1. The van der Waals surface area contributed by atoms with Gasteiger partial charge in [-0.1, -0.05) is 23.2 Å². The molecule has 5 nitrogen and oxygen atoms in total. The minimum atomic E-state index is -0.795. The molecule has 1 aromatic carbocycles. The summed E-state index contributed by atoms with van der Waals surface area (Å²) in [5, 5.41) is 0.667. The van der Waals surface area contributed by atoms with E-state index in [9.17, 15) is 14.4 Å². The van der Waals surface area contributed by atoms with Gasteiger partial charge in [-0.25, -0.2) is 0 Å². The largest absolute Gasteiger partial charge is 0.468 e. The molecule has 1 aromatic rings. The Morgan fingerprint density at radius 2 is 1.95 bits per heavy atom. The highest BCUT2D eigenvalue weighted by Crippen LogP contribution is 2.24. The minimum absolute atomic E-state index is 0.132. The van der Waals surface area contributed by atoms with E-state index in [-0.39, 0.29) is 31.1 Å². The van der Waals surface area contributed by atoms with E-state index in [1.54, 1.807) is 17.0 Å². The lowest BCUT2D eigenvalue weighted by Crippen LogP contribution is -2.32. The molecule has 1 atom stereocenters. The van der Waals surface area contributed by atoms with E-state index in [1.807, 2.05) is 0 Å². The molecule has 1 saturated heterocycles. The molecule has 118 valence electrons. The van der Waals surface area contributed by atoms with Crippen LogP contribution in [0.2, 0.25) is 10.0 Å². The second-order valence-electron chi connectivity index (χ2n) is 5.00. The smallest absolute Gasteiger partial charge is 0.316 e. The van der Waals surface area contributed by atoms with Crippen LogP contribution < -0.4 is 0 Å². The number of ketones is 1. The van der Waals surface area contributed by atoms with Gasteiger partial charge in [-0.15, -0.1) is 0 Å². The molecule has 0 saturated carbocycles. The lowest BCUT2D eigenvalue weighted by Gasteiger charge is -2.20. The van der Waals surface area contributed by atoms with Crippen molar-refractivity contribution in [1.29, 1.82) is 0 Å². The summed E-state index contributed by atoms with van der Waals surface area (Å²) in [6.07, 6.45) is 0.394. The predicted molar refractivity (Wildman–Crippen MR) is 82.1 cm³/mol. The molecule has 1 aliphatic rings. The Bertz CT molecular complexity index is 618. The average Bonchev–Trinajstić information content (AvgIpc) is 2.70. The summed E-state index contributed by atoms with van der Waals surface area (Å²) in [6.45, 7) is 0.579. The fourth-order valence-electron chi connectivity index (χ4n) is 2.38. The molecule has 1 unspecified atom stereocenters. The summed E-state index contributed by atoms with van der Waals surface area (Å²) < 4.78 is 4.63. The van der Waals surface area contributed by atoms with Gasteiger partial charge in [0.15, 0.2) is 0 Å². The van der Waals surface area contributed by atoms with Gasteiger partial charge < -0.3 is 9.64 Å². The van der Waals surface area contributed by atoms with Gasteiger partial charge in [0, 0.05) is 25.1 Å². The molecular weight excluding hydrogens is 329 g/mol. The second kappa shape index (κ2) is 7.11.